The van der Waals surface area contributed by atoms with E-state index in [2.05, 4.69) is 12.2 Å². The second-order valence-electron chi connectivity index (χ2n) is 4.48. The molecule has 1 N–H and O–H groups in total. The van der Waals surface area contributed by atoms with E-state index in [1.807, 2.05) is 12.1 Å². The Labute approximate surface area is 120 Å². The SMILES string of the molecule is CC1Cc2nc(-c3cccc(Cl)c3Cl)sc2CN1. The van der Waals surface area contributed by atoms with E-state index in [9.17, 15) is 0 Å². The van der Waals surface area contributed by atoms with Gasteiger partial charge in [-0.25, -0.2) is 4.98 Å². The summed E-state index contributed by atoms with van der Waals surface area (Å²) in [7, 11) is 0. The zero-order valence-electron chi connectivity index (χ0n) is 9.84. The van der Waals surface area contributed by atoms with Crippen LogP contribution in [0.4, 0.5) is 0 Å². The maximum absolute atomic E-state index is 6.24. The van der Waals surface area contributed by atoms with Crippen LogP contribution in [0.1, 0.15) is 17.5 Å². The van der Waals surface area contributed by atoms with Crippen LogP contribution in [-0.2, 0) is 13.0 Å². The summed E-state index contributed by atoms with van der Waals surface area (Å²) < 4.78 is 0. The monoisotopic (exact) mass is 298 g/mol. The highest BCUT2D eigenvalue weighted by molar-refractivity contribution is 7.15. The van der Waals surface area contributed by atoms with Crippen molar-refractivity contribution < 1.29 is 0 Å². The first-order chi connectivity index (χ1) is 8.65. The molecular weight excluding hydrogens is 287 g/mol. The van der Waals surface area contributed by atoms with Crippen LogP contribution < -0.4 is 5.32 Å². The molecule has 18 heavy (non-hydrogen) atoms. The van der Waals surface area contributed by atoms with Crippen molar-refractivity contribution >= 4 is 34.5 Å². The Morgan fingerprint density at radius 1 is 1.39 bits per heavy atom. The molecule has 1 unspecified atom stereocenters. The van der Waals surface area contributed by atoms with Gasteiger partial charge in [0.25, 0.3) is 0 Å². The fourth-order valence-corrected chi connectivity index (χ4v) is 3.61. The number of nitrogens with one attached hydrogen (secondary N) is 1. The molecule has 1 aromatic carbocycles. The van der Waals surface area contributed by atoms with Crippen molar-refractivity contribution in [1.82, 2.24) is 10.3 Å². The van der Waals surface area contributed by atoms with E-state index < -0.39 is 0 Å². The molecule has 1 aliphatic rings. The van der Waals surface area contributed by atoms with Crippen LogP contribution in [0.25, 0.3) is 10.6 Å². The van der Waals surface area contributed by atoms with Crippen molar-refractivity contribution in [1.29, 1.82) is 0 Å². The molecule has 3 rings (SSSR count). The number of aromatic nitrogens is 1. The Bertz CT molecular complexity index is 595. The third-order valence-electron chi connectivity index (χ3n) is 3.07. The first-order valence-corrected chi connectivity index (χ1v) is 7.38. The van der Waals surface area contributed by atoms with E-state index in [0.29, 0.717) is 16.1 Å². The van der Waals surface area contributed by atoms with E-state index in [-0.39, 0.29) is 0 Å². The molecule has 0 fully saturated rings. The number of fused-ring (bicyclic) bond motifs is 1. The second-order valence-corrected chi connectivity index (χ2v) is 6.35. The van der Waals surface area contributed by atoms with Crippen LogP contribution in [0.5, 0.6) is 0 Å². The van der Waals surface area contributed by atoms with E-state index in [1.165, 1.54) is 10.6 Å². The van der Waals surface area contributed by atoms with E-state index in [1.54, 1.807) is 17.4 Å². The molecule has 2 nitrogen and oxygen atoms in total. The maximum Gasteiger partial charge on any atom is 0.125 e. The fraction of sp³-hybridized carbons (Fsp3) is 0.308. The molecule has 0 saturated carbocycles. The standard InChI is InChI=1S/C13H12Cl2N2S/c1-7-5-10-11(6-16-7)18-13(17-10)8-3-2-4-9(14)12(8)15/h2-4,7,16H,5-6H2,1H3. The van der Waals surface area contributed by atoms with Gasteiger partial charge >= 0.3 is 0 Å². The van der Waals surface area contributed by atoms with Gasteiger partial charge in [-0.2, -0.15) is 0 Å². The van der Waals surface area contributed by atoms with E-state index in [0.717, 1.165) is 23.5 Å². The van der Waals surface area contributed by atoms with Crippen LogP contribution >= 0.6 is 34.5 Å². The molecule has 1 atom stereocenters. The van der Waals surface area contributed by atoms with E-state index >= 15 is 0 Å². The zero-order chi connectivity index (χ0) is 12.7. The number of benzene rings is 1. The van der Waals surface area contributed by atoms with E-state index in [4.69, 9.17) is 28.2 Å². The number of nitrogens with zero attached hydrogens (tertiary/aromatic N) is 1. The van der Waals surface area contributed by atoms with Gasteiger partial charge < -0.3 is 5.32 Å². The minimum Gasteiger partial charge on any atom is -0.309 e. The Hall–Kier alpha value is -0.610. The molecule has 2 heterocycles. The summed E-state index contributed by atoms with van der Waals surface area (Å²) in [5, 5.41) is 5.57. The molecule has 5 heteroatoms. The summed E-state index contributed by atoms with van der Waals surface area (Å²) in [6.07, 6.45) is 0.976. The number of halogens is 2. The molecular formula is C13H12Cl2N2S. The van der Waals surface area contributed by atoms with Crippen LogP contribution in [0.3, 0.4) is 0 Å². The van der Waals surface area contributed by atoms with Crippen LogP contribution in [0, 0.1) is 0 Å². The quantitative estimate of drug-likeness (QED) is 0.855. The number of thiazole rings is 1. The van der Waals surface area contributed by atoms with Gasteiger partial charge in [0.1, 0.15) is 5.01 Å². The number of hydrogen-bond donors (Lipinski definition) is 1. The molecule has 0 spiro atoms. The smallest absolute Gasteiger partial charge is 0.125 e. The molecule has 1 aliphatic heterocycles. The van der Waals surface area contributed by atoms with Gasteiger partial charge in [-0.1, -0.05) is 35.3 Å². The molecule has 1 aromatic heterocycles. The van der Waals surface area contributed by atoms with Gasteiger partial charge in [0.2, 0.25) is 0 Å². The highest BCUT2D eigenvalue weighted by atomic mass is 35.5. The Kier molecular flexibility index (Phi) is 3.32. The molecule has 0 amide bonds. The molecule has 0 saturated heterocycles. The first-order valence-electron chi connectivity index (χ1n) is 5.81. The first kappa shape index (κ1) is 12.4. The average molecular weight is 299 g/mol. The van der Waals surface area contributed by atoms with Gasteiger partial charge in [0.15, 0.2) is 0 Å². The van der Waals surface area contributed by atoms with Crippen molar-refractivity contribution in [2.24, 2.45) is 0 Å². The topological polar surface area (TPSA) is 24.9 Å². The van der Waals surface area contributed by atoms with Crippen LogP contribution in [-0.4, -0.2) is 11.0 Å². The summed E-state index contributed by atoms with van der Waals surface area (Å²) in [6.45, 7) is 3.07. The number of hydrogen-bond acceptors (Lipinski definition) is 3. The lowest BCUT2D eigenvalue weighted by Gasteiger charge is -2.18. The van der Waals surface area contributed by atoms with Crippen molar-refractivity contribution in [3.05, 3.63) is 38.8 Å². The number of rotatable bonds is 1. The van der Waals surface area contributed by atoms with Gasteiger partial charge in [0.05, 0.1) is 15.7 Å². The molecule has 2 aromatic rings. The summed E-state index contributed by atoms with van der Waals surface area (Å²) in [6, 6.07) is 6.16. The molecule has 0 bridgehead atoms. The predicted octanol–water partition coefficient (Wildman–Crippen LogP) is 4.15. The molecule has 94 valence electrons. The predicted molar refractivity (Wildman–Crippen MR) is 77.6 cm³/mol. The summed E-state index contributed by atoms with van der Waals surface area (Å²) in [5.41, 5.74) is 2.12. The normalized spacial score (nSPS) is 18.7. The third kappa shape index (κ3) is 2.16. The highest BCUT2D eigenvalue weighted by Crippen LogP contribution is 2.37. The van der Waals surface area contributed by atoms with Crippen LogP contribution in [0.2, 0.25) is 10.0 Å². The lowest BCUT2D eigenvalue weighted by molar-refractivity contribution is 0.513. The van der Waals surface area contributed by atoms with Crippen molar-refractivity contribution in [3.63, 3.8) is 0 Å². The molecule has 0 aliphatic carbocycles. The second kappa shape index (κ2) is 4.82. The van der Waals surface area contributed by atoms with Gasteiger partial charge in [-0.05, 0) is 13.0 Å². The lowest BCUT2D eigenvalue weighted by Crippen LogP contribution is -2.32. The lowest BCUT2D eigenvalue weighted by atomic mass is 10.1. The van der Waals surface area contributed by atoms with Crippen molar-refractivity contribution in [2.75, 3.05) is 0 Å². The van der Waals surface area contributed by atoms with Gasteiger partial charge in [-0.15, -0.1) is 11.3 Å². The Morgan fingerprint density at radius 3 is 3.06 bits per heavy atom. The summed E-state index contributed by atoms with van der Waals surface area (Å²) in [5.74, 6) is 0. The fourth-order valence-electron chi connectivity index (χ4n) is 2.09. The van der Waals surface area contributed by atoms with Gasteiger partial charge in [0, 0.05) is 29.4 Å². The van der Waals surface area contributed by atoms with Crippen molar-refractivity contribution in [3.8, 4) is 10.6 Å². The van der Waals surface area contributed by atoms with Crippen molar-refractivity contribution in [2.45, 2.75) is 25.9 Å². The largest absolute Gasteiger partial charge is 0.309 e. The van der Waals surface area contributed by atoms with Gasteiger partial charge in [-0.3, -0.25) is 0 Å². The minimum absolute atomic E-state index is 0.488. The third-order valence-corrected chi connectivity index (χ3v) is 5.02. The summed E-state index contributed by atoms with van der Waals surface area (Å²) >= 11 is 14.0. The average Bonchev–Trinajstić information content (AvgIpc) is 2.75. The highest BCUT2D eigenvalue weighted by Gasteiger charge is 2.20. The molecule has 0 radical (unpaired) electrons. The summed E-state index contributed by atoms with van der Waals surface area (Å²) in [4.78, 5) is 6.01. The zero-order valence-corrected chi connectivity index (χ0v) is 12.2. The minimum atomic E-state index is 0.488. The Morgan fingerprint density at radius 2 is 2.22 bits per heavy atom. The maximum atomic E-state index is 6.24. The van der Waals surface area contributed by atoms with Crippen LogP contribution in [0.15, 0.2) is 18.2 Å². The Balaban J connectivity index is 2.05.